The SMILES string of the molecule is CCn1c(CCC(N)=O)nnc1SCc1csc(-c2ccc(Cl)cc2)n1. The second kappa shape index (κ2) is 8.66. The molecule has 1 aromatic carbocycles. The number of hydrogen-bond acceptors (Lipinski definition) is 6. The average molecular weight is 408 g/mol. The molecule has 26 heavy (non-hydrogen) atoms. The Morgan fingerprint density at radius 1 is 1.31 bits per heavy atom. The zero-order chi connectivity index (χ0) is 18.5. The summed E-state index contributed by atoms with van der Waals surface area (Å²) in [6, 6.07) is 7.67. The predicted octanol–water partition coefficient (Wildman–Crippen LogP) is 3.79. The van der Waals surface area contributed by atoms with Gasteiger partial charge in [-0.25, -0.2) is 4.98 Å². The third-order valence-electron chi connectivity index (χ3n) is 3.70. The number of nitrogens with zero attached hydrogens (tertiary/aromatic N) is 4. The molecule has 0 radical (unpaired) electrons. The van der Waals surface area contributed by atoms with E-state index in [1.165, 1.54) is 0 Å². The largest absolute Gasteiger partial charge is 0.370 e. The fraction of sp³-hybridized carbons (Fsp3) is 0.294. The fourth-order valence-corrected chi connectivity index (χ4v) is 4.37. The lowest BCUT2D eigenvalue weighted by Gasteiger charge is -2.05. The van der Waals surface area contributed by atoms with Crippen molar-refractivity contribution in [2.24, 2.45) is 5.73 Å². The van der Waals surface area contributed by atoms with Crippen LogP contribution in [-0.4, -0.2) is 25.7 Å². The smallest absolute Gasteiger partial charge is 0.217 e. The predicted molar refractivity (Wildman–Crippen MR) is 105 cm³/mol. The lowest BCUT2D eigenvalue weighted by Crippen LogP contribution is -2.13. The first-order valence-corrected chi connectivity index (χ1v) is 10.3. The van der Waals surface area contributed by atoms with Gasteiger partial charge in [-0.05, 0) is 19.1 Å². The molecule has 0 aliphatic rings. The van der Waals surface area contributed by atoms with E-state index < -0.39 is 0 Å². The van der Waals surface area contributed by atoms with E-state index in [1.54, 1.807) is 23.1 Å². The maximum atomic E-state index is 11.0. The number of halogens is 1. The van der Waals surface area contributed by atoms with E-state index in [9.17, 15) is 4.79 Å². The van der Waals surface area contributed by atoms with Gasteiger partial charge in [0, 0.05) is 41.1 Å². The Balaban J connectivity index is 1.66. The average Bonchev–Trinajstić information content (AvgIpc) is 3.25. The first-order chi connectivity index (χ1) is 12.6. The molecule has 0 fully saturated rings. The lowest BCUT2D eigenvalue weighted by molar-refractivity contribution is -0.118. The standard InChI is InChI=1S/C17H18ClN5OS2/c1-2-23-15(8-7-14(19)24)21-22-17(23)26-10-13-9-25-16(20-13)11-3-5-12(18)6-4-11/h3-6,9H,2,7-8,10H2,1H3,(H2,19,24). The molecule has 2 N–H and O–H groups in total. The maximum absolute atomic E-state index is 11.0. The molecule has 9 heteroatoms. The Hall–Kier alpha value is -1.90. The number of carbonyl (C=O) groups excluding carboxylic acids is 1. The number of aromatic nitrogens is 4. The van der Waals surface area contributed by atoms with Gasteiger partial charge in [-0.2, -0.15) is 0 Å². The summed E-state index contributed by atoms with van der Waals surface area (Å²) in [5.41, 5.74) is 7.27. The van der Waals surface area contributed by atoms with Crippen molar-refractivity contribution < 1.29 is 4.79 Å². The number of amides is 1. The Bertz CT molecular complexity index is 891. The maximum Gasteiger partial charge on any atom is 0.217 e. The normalized spacial score (nSPS) is 11.0. The lowest BCUT2D eigenvalue weighted by atomic mass is 10.2. The number of rotatable bonds is 8. The third-order valence-corrected chi connectivity index (χ3v) is 5.89. The monoisotopic (exact) mass is 407 g/mol. The van der Waals surface area contributed by atoms with Crippen LogP contribution in [0, 0.1) is 0 Å². The molecule has 0 saturated heterocycles. The Kier molecular flexibility index (Phi) is 6.29. The summed E-state index contributed by atoms with van der Waals surface area (Å²) in [6.07, 6.45) is 0.785. The fourth-order valence-electron chi connectivity index (χ4n) is 2.40. The number of hydrogen-bond donors (Lipinski definition) is 1. The minimum absolute atomic E-state index is 0.277. The summed E-state index contributed by atoms with van der Waals surface area (Å²) >= 11 is 9.13. The number of thioether (sulfide) groups is 1. The number of primary amides is 1. The van der Waals surface area contributed by atoms with Gasteiger partial charge in [-0.15, -0.1) is 21.5 Å². The van der Waals surface area contributed by atoms with Gasteiger partial charge >= 0.3 is 0 Å². The van der Waals surface area contributed by atoms with Crippen molar-refractivity contribution in [2.45, 2.75) is 37.2 Å². The van der Waals surface area contributed by atoms with Crippen molar-refractivity contribution in [1.82, 2.24) is 19.7 Å². The minimum Gasteiger partial charge on any atom is -0.370 e. The van der Waals surface area contributed by atoms with Crippen LogP contribution in [0.2, 0.25) is 5.02 Å². The zero-order valence-corrected chi connectivity index (χ0v) is 16.6. The van der Waals surface area contributed by atoms with Crippen molar-refractivity contribution in [1.29, 1.82) is 0 Å². The van der Waals surface area contributed by atoms with E-state index in [4.69, 9.17) is 17.3 Å². The minimum atomic E-state index is -0.331. The van der Waals surface area contributed by atoms with Crippen LogP contribution in [0.15, 0.2) is 34.8 Å². The van der Waals surface area contributed by atoms with Crippen molar-refractivity contribution in [3.63, 3.8) is 0 Å². The Morgan fingerprint density at radius 3 is 2.77 bits per heavy atom. The summed E-state index contributed by atoms with van der Waals surface area (Å²) in [4.78, 5) is 15.7. The second-order valence-corrected chi connectivity index (χ2v) is 7.79. The summed E-state index contributed by atoms with van der Waals surface area (Å²) < 4.78 is 2.01. The van der Waals surface area contributed by atoms with Gasteiger partial charge in [0.15, 0.2) is 5.16 Å². The van der Waals surface area contributed by atoms with Gasteiger partial charge in [-0.1, -0.05) is 35.5 Å². The molecule has 3 rings (SSSR count). The van der Waals surface area contributed by atoms with Gasteiger partial charge in [0.1, 0.15) is 10.8 Å². The van der Waals surface area contributed by atoms with Crippen molar-refractivity contribution in [3.05, 3.63) is 46.2 Å². The van der Waals surface area contributed by atoms with Crippen LogP contribution in [0.25, 0.3) is 10.6 Å². The van der Waals surface area contributed by atoms with Crippen molar-refractivity contribution in [2.75, 3.05) is 0 Å². The molecule has 136 valence electrons. The molecule has 1 amide bonds. The van der Waals surface area contributed by atoms with Gasteiger partial charge < -0.3 is 10.3 Å². The summed E-state index contributed by atoms with van der Waals surface area (Å²) in [6.45, 7) is 2.78. The molecule has 0 atom stereocenters. The topological polar surface area (TPSA) is 86.7 Å². The highest BCUT2D eigenvalue weighted by Gasteiger charge is 2.13. The molecule has 2 aromatic heterocycles. The van der Waals surface area contributed by atoms with Crippen LogP contribution < -0.4 is 5.73 Å². The number of thiazole rings is 1. The third kappa shape index (κ3) is 4.63. The van der Waals surface area contributed by atoms with Gasteiger partial charge in [0.05, 0.1) is 5.69 Å². The van der Waals surface area contributed by atoms with Crippen LogP contribution in [0.4, 0.5) is 0 Å². The van der Waals surface area contributed by atoms with Gasteiger partial charge in [0.25, 0.3) is 0 Å². The van der Waals surface area contributed by atoms with E-state index >= 15 is 0 Å². The Labute approximate surface area is 164 Å². The van der Waals surface area contributed by atoms with Crippen LogP contribution >= 0.6 is 34.7 Å². The molecule has 0 bridgehead atoms. The van der Waals surface area contributed by atoms with Crippen LogP contribution in [0.1, 0.15) is 24.9 Å². The molecular weight excluding hydrogens is 390 g/mol. The molecule has 2 heterocycles. The highest BCUT2D eigenvalue weighted by Crippen LogP contribution is 2.28. The van der Waals surface area contributed by atoms with Crippen LogP contribution in [-0.2, 0) is 23.5 Å². The zero-order valence-electron chi connectivity index (χ0n) is 14.2. The van der Waals surface area contributed by atoms with Crippen LogP contribution in [0.3, 0.4) is 0 Å². The molecule has 3 aromatic rings. The van der Waals surface area contributed by atoms with Gasteiger partial charge in [-0.3, -0.25) is 4.79 Å². The number of nitrogens with two attached hydrogens (primary N) is 1. The second-order valence-electron chi connectivity index (χ2n) is 5.55. The summed E-state index contributed by atoms with van der Waals surface area (Å²) in [7, 11) is 0. The highest BCUT2D eigenvalue weighted by atomic mass is 35.5. The first-order valence-electron chi connectivity index (χ1n) is 8.10. The van der Waals surface area contributed by atoms with E-state index in [1.807, 2.05) is 35.8 Å². The van der Waals surface area contributed by atoms with Crippen LogP contribution in [0.5, 0.6) is 0 Å². The van der Waals surface area contributed by atoms with Gasteiger partial charge in [0.2, 0.25) is 5.91 Å². The molecule has 0 spiro atoms. The van der Waals surface area contributed by atoms with Crippen molar-refractivity contribution in [3.8, 4) is 10.6 Å². The highest BCUT2D eigenvalue weighted by molar-refractivity contribution is 7.98. The summed E-state index contributed by atoms with van der Waals surface area (Å²) in [5, 5.41) is 13.0. The van der Waals surface area contributed by atoms with E-state index in [0.29, 0.717) is 17.2 Å². The van der Waals surface area contributed by atoms with E-state index in [-0.39, 0.29) is 12.3 Å². The summed E-state index contributed by atoms with van der Waals surface area (Å²) in [5.74, 6) is 1.16. The number of benzene rings is 1. The molecule has 6 nitrogen and oxygen atoms in total. The first kappa shape index (κ1) is 18.9. The molecule has 0 saturated carbocycles. The molecule has 0 aliphatic heterocycles. The molecule has 0 unspecified atom stereocenters. The number of carbonyl (C=O) groups is 1. The molecule has 0 aliphatic carbocycles. The number of aryl methyl sites for hydroxylation is 1. The molecular formula is C17H18ClN5OS2. The Morgan fingerprint density at radius 2 is 2.08 bits per heavy atom. The quantitative estimate of drug-likeness (QED) is 0.574. The van der Waals surface area contributed by atoms with E-state index in [2.05, 4.69) is 20.6 Å². The van der Waals surface area contributed by atoms with Crippen molar-refractivity contribution >= 4 is 40.6 Å². The van der Waals surface area contributed by atoms with E-state index in [0.717, 1.165) is 33.8 Å².